The molecule has 4 aromatic rings. The normalized spacial score (nSPS) is 10.8. The topological polar surface area (TPSA) is 91.7 Å². The minimum atomic E-state index is -0.289. The highest BCUT2D eigenvalue weighted by Crippen LogP contribution is 2.19. The van der Waals surface area contributed by atoms with Crippen LogP contribution in [0, 0.1) is 5.82 Å². The number of aromatic amines is 1. The molecule has 9 heteroatoms. The molecule has 3 heterocycles. The summed E-state index contributed by atoms with van der Waals surface area (Å²) in [7, 11) is 1.76. The molecule has 0 bridgehead atoms. The van der Waals surface area contributed by atoms with Crippen molar-refractivity contribution in [3.05, 3.63) is 84.2 Å². The summed E-state index contributed by atoms with van der Waals surface area (Å²) in [5.41, 5.74) is 3.25. The number of aryl methyl sites for hydroxylation is 1. The van der Waals surface area contributed by atoms with E-state index in [2.05, 4.69) is 25.6 Å². The molecule has 0 unspecified atom stereocenters. The summed E-state index contributed by atoms with van der Waals surface area (Å²) in [5.74, 6) is 0.400. The number of rotatable bonds is 8. The maximum absolute atomic E-state index is 13.4. The Morgan fingerprint density at radius 1 is 1.19 bits per heavy atom. The van der Waals surface area contributed by atoms with Crippen molar-refractivity contribution in [2.24, 2.45) is 0 Å². The van der Waals surface area contributed by atoms with Gasteiger partial charge in [-0.3, -0.25) is 5.10 Å². The predicted octanol–water partition coefficient (Wildman–Crippen LogP) is 3.57. The maximum atomic E-state index is 13.4. The van der Waals surface area contributed by atoms with Crippen LogP contribution in [0.1, 0.15) is 17.7 Å². The molecule has 0 saturated heterocycles. The minimum absolute atomic E-state index is 0.162. The molecule has 0 saturated carbocycles. The van der Waals surface area contributed by atoms with Crippen LogP contribution in [-0.2, 0) is 13.0 Å². The molecule has 0 aliphatic rings. The Morgan fingerprint density at radius 2 is 2.09 bits per heavy atom. The van der Waals surface area contributed by atoms with E-state index in [4.69, 9.17) is 0 Å². The molecule has 0 radical (unpaired) electrons. The van der Waals surface area contributed by atoms with Gasteiger partial charge in [0.05, 0.1) is 5.69 Å². The molecule has 0 aliphatic heterocycles. The van der Waals surface area contributed by atoms with E-state index in [1.165, 1.54) is 12.1 Å². The van der Waals surface area contributed by atoms with Crippen LogP contribution in [0.15, 0.2) is 67.1 Å². The molecule has 1 aromatic carbocycles. The first kappa shape index (κ1) is 21.2. The highest BCUT2D eigenvalue weighted by atomic mass is 19.1. The first-order chi connectivity index (χ1) is 15.6. The lowest BCUT2D eigenvalue weighted by molar-refractivity contribution is 0.208. The Morgan fingerprint density at radius 3 is 2.91 bits per heavy atom. The van der Waals surface area contributed by atoms with Crippen molar-refractivity contribution in [1.29, 1.82) is 0 Å². The SMILES string of the molecule is CN(CCCc1cc(-c2cccc(F)c2)n[nH]1)C(=O)NCc1cccnc1-n1cccn1. The van der Waals surface area contributed by atoms with Crippen molar-refractivity contribution in [3.63, 3.8) is 0 Å². The summed E-state index contributed by atoms with van der Waals surface area (Å²) in [6.07, 6.45) is 6.69. The summed E-state index contributed by atoms with van der Waals surface area (Å²) in [6, 6.07) is 13.7. The third-order valence-corrected chi connectivity index (χ3v) is 5.06. The fraction of sp³-hybridized carbons (Fsp3) is 0.217. The number of hydrogen-bond acceptors (Lipinski definition) is 4. The highest BCUT2D eigenvalue weighted by molar-refractivity contribution is 5.73. The molecule has 3 aromatic heterocycles. The van der Waals surface area contributed by atoms with Crippen molar-refractivity contribution in [3.8, 4) is 17.1 Å². The number of aromatic nitrogens is 5. The van der Waals surface area contributed by atoms with Crippen molar-refractivity contribution in [2.45, 2.75) is 19.4 Å². The van der Waals surface area contributed by atoms with Crippen molar-refractivity contribution in [1.82, 2.24) is 35.2 Å². The molecule has 0 spiro atoms. The Bertz CT molecular complexity index is 1170. The van der Waals surface area contributed by atoms with Gasteiger partial charge in [0.1, 0.15) is 5.82 Å². The van der Waals surface area contributed by atoms with Crippen molar-refractivity contribution in [2.75, 3.05) is 13.6 Å². The molecule has 0 atom stereocenters. The number of pyridine rings is 1. The lowest BCUT2D eigenvalue weighted by Crippen LogP contribution is -2.37. The molecular formula is C23H24FN7O. The summed E-state index contributed by atoms with van der Waals surface area (Å²) < 4.78 is 15.1. The number of hydrogen-bond donors (Lipinski definition) is 2. The summed E-state index contributed by atoms with van der Waals surface area (Å²) in [6.45, 7) is 0.933. The molecular weight excluding hydrogens is 409 g/mol. The summed E-state index contributed by atoms with van der Waals surface area (Å²) in [4.78, 5) is 18.5. The highest BCUT2D eigenvalue weighted by Gasteiger charge is 2.12. The number of carbonyl (C=O) groups excluding carboxylic acids is 1. The second kappa shape index (κ2) is 9.86. The van der Waals surface area contributed by atoms with E-state index in [0.29, 0.717) is 24.6 Å². The predicted molar refractivity (Wildman–Crippen MR) is 119 cm³/mol. The van der Waals surface area contributed by atoms with Gasteiger partial charge >= 0.3 is 6.03 Å². The molecule has 0 aliphatic carbocycles. The Balaban J connectivity index is 1.26. The summed E-state index contributed by atoms with van der Waals surface area (Å²) >= 11 is 0. The second-order valence-corrected chi connectivity index (χ2v) is 7.41. The Kier molecular flexibility index (Phi) is 6.54. The van der Waals surface area contributed by atoms with E-state index in [-0.39, 0.29) is 11.8 Å². The van der Waals surface area contributed by atoms with Crippen LogP contribution in [-0.4, -0.2) is 49.5 Å². The standard InChI is InChI=1S/C23H24FN7O/c1-30(12-4-9-20-15-21(29-28-20)17-6-2-8-19(24)14-17)23(32)26-16-18-7-3-10-25-22(18)31-13-5-11-27-31/h2-3,5-8,10-11,13-15H,4,9,12,16H2,1H3,(H,26,32)(H,28,29). The smallest absolute Gasteiger partial charge is 0.317 e. The molecule has 4 rings (SSSR count). The van der Waals surface area contributed by atoms with Gasteiger partial charge in [0.15, 0.2) is 5.82 Å². The summed E-state index contributed by atoms with van der Waals surface area (Å²) in [5, 5.41) is 14.4. The number of H-pyrrole nitrogens is 1. The fourth-order valence-corrected chi connectivity index (χ4v) is 3.37. The first-order valence-electron chi connectivity index (χ1n) is 10.3. The zero-order valence-corrected chi connectivity index (χ0v) is 17.7. The van der Waals surface area contributed by atoms with Gasteiger partial charge in [-0.25, -0.2) is 18.9 Å². The lowest BCUT2D eigenvalue weighted by Gasteiger charge is -2.18. The largest absolute Gasteiger partial charge is 0.334 e. The zero-order valence-electron chi connectivity index (χ0n) is 17.7. The monoisotopic (exact) mass is 433 g/mol. The van der Waals surface area contributed by atoms with Gasteiger partial charge in [0, 0.05) is 55.5 Å². The Labute approximate surface area is 185 Å². The third-order valence-electron chi connectivity index (χ3n) is 5.06. The molecule has 164 valence electrons. The quantitative estimate of drug-likeness (QED) is 0.444. The van der Waals surface area contributed by atoms with E-state index >= 15 is 0 Å². The number of carbonyl (C=O) groups is 1. The van der Waals surface area contributed by atoms with Crippen molar-refractivity contribution >= 4 is 6.03 Å². The van der Waals surface area contributed by atoms with Crippen LogP contribution < -0.4 is 5.32 Å². The average Bonchev–Trinajstić information content (AvgIpc) is 3.50. The van der Waals surface area contributed by atoms with Gasteiger partial charge < -0.3 is 10.2 Å². The Hall–Kier alpha value is -4.01. The van der Waals surface area contributed by atoms with Crippen LogP contribution in [0.25, 0.3) is 17.1 Å². The van der Waals surface area contributed by atoms with Crippen LogP contribution in [0.3, 0.4) is 0 Å². The molecule has 2 amide bonds. The van der Waals surface area contributed by atoms with Gasteiger partial charge in [-0.1, -0.05) is 18.2 Å². The average molecular weight is 433 g/mol. The van der Waals surface area contributed by atoms with Crippen LogP contribution >= 0.6 is 0 Å². The molecule has 2 N–H and O–H groups in total. The van der Waals surface area contributed by atoms with Crippen LogP contribution in [0.5, 0.6) is 0 Å². The number of benzene rings is 1. The van der Waals surface area contributed by atoms with E-state index in [9.17, 15) is 9.18 Å². The van der Waals surface area contributed by atoms with Gasteiger partial charge in [-0.05, 0) is 43.2 Å². The number of nitrogens with zero attached hydrogens (tertiary/aromatic N) is 5. The minimum Gasteiger partial charge on any atom is -0.334 e. The van der Waals surface area contributed by atoms with Crippen molar-refractivity contribution < 1.29 is 9.18 Å². The van der Waals surface area contributed by atoms with Gasteiger partial charge in [-0.2, -0.15) is 10.2 Å². The van der Waals surface area contributed by atoms with Crippen LogP contribution in [0.2, 0.25) is 0 Å². The number of amides is 2. The second-order valence-electron chi connectivity index (χ2n) is 7.41. The zero-order chi connectivity index (χ0) is 22.3. The van der Waals surface area contributed by atoms with Crippen LogP contribution in [0.4, 0.5) is 9.18 Å². The van der Waals surface area contributed by atoms with Gasteiger partial charge in [0.2, 0.25) is 0 Å². The van der Waals surface area contributed by atoms with E-state index in [1.54, 1.807) is 35.1 Å². The fourth-order valence-electron chi connectivity index (χ4n) is 3.37. The molecule has 8 nitrogen and oxygen atoms in total. The lowest BCUT2D eigenvalue weighted by atomic mass is 10.1. The van der Waals surface area contributed by atoms with Gasteiger partial charge in [-0.15, -0.1) is 0 Å². The first-order valence-corrected chi connectivity index (χ1v) is 10.3. The van der Waals surface area contributed by atoms with E-state index in [0.717, 1.165) is 29.7 Å². The van der Waals surface area contributed by atoms with Gasteiger partial charge in [0.25, 0.3) is 0 Å². The number of nitrogens with one attached hydrogen (secondary N) is 2. The maximum Gasteiger partial charge on any atom is 0.317 e. The van der Waals surface area contributed by atoms with E-state index in [1.807, 2.05) is 36.5 Å². The molecule has 32 heavy (non-hydrogen) atoms. The number of urea groups is 1. The number of halogens is 1. The van der Waals surface area contributed by atoms with E-state index < -0.39 is 0 Å². The molecule has 0 fully saturated rings. The third kappa shape index (κ3) is 5.18.